The van der Waals surface area contributed by atoms with Gasteiger partial charge in [0.1, 0.15) is 0 Å². The van der Waals surface area contributed by atoms with Crippen LogP contribution in [0.15, 0.2) is 30.3 Å². The van der Waals surface area contributed by atoms with Crippen molar-refractivity contribution in [3.63, 3.8) is 0 Å². The highest BCUT2D eigenvalue weighted by Crippen LogP contribution is 2.32. The number of hydrogen-bond donors (Lipinski definition) is 1. The SMILES string of the molecule is CCOC(=O)[C@H](O)C(F)(F)c1ccccc1. The van der Waals surface area contributed by atoms with Crippen LogP contribution in [-0.4, -0.2) is 23.8 Å². The van der Waals surface area contributed by atoms with E-state index in [-0.39, 0.29) is 6.61 Å². The Morgan fingerprint density at radius 2 is 2.00 bits per heavy atom. The molecule has 1 atom stereocenters. The maximum absolute atomic E-state index is 13.6. The summed E-state index contributed by atoms with van der Waals surface area (Å²) in [6, 6.07) is 6.66. The fourth-order valence-corrected chi connectivity index (χ4v) is 1.19. The Hall–Kier alpha value is -1.49. The number of ether oxygens (including phenoxy) is 1. The number of halogens is 2. The molecule has 0 fully saturated rings. The molecule has 5 heteroatoms. The number of alkyl halides is 2. The Kier molecular flexibility index (Phi) is 3.95. The minimum absolute atomic E-state index is 0.0548. The first-order chi connectivity index (χ1) is 7.50. The van der Waals surface area contributed by atoms with Crippen molar-refractivity contribution >= 4 is 5.97 Å². The molecule has 0 saturated carbocycles. The van der Waals surface area contributed by atoms with E-state index < -0.39 is 23.6 Å². The zero-order chi connectivity index (χ0) is 12.2. The van der Waals surface area contributed by atoms with Crippen LogP contribution in [0.25, 0.3) is 0 Å². The normalized spacial score (nSPS) is 13.2. The van der Waals surface area contributed by atoms with Crippen molar-refractivity contribution in [2.75, 3.05) is 6.61 Å². The van der Waals surface area contributed by atoms with E-state index in [2.05, 4.69) is 4.74 Å². The summed E-state index contributed by atoms with van der Waals surface area (Å²) in [5, 5.41) is 9.21. The Bertz CT molecular complexity index is 352. The highest BCUT2D eigenvalue weighted by Gasteiger charge is 2.45. The molecule has 0 radical (unpaired) electrons. The van der Waals surface area contributed by atoms with Gasteiger partial charge in [0.15, 0.2) is 0 Å². The van der Waals surface area contributed by atoms with Crippen LogP contribution in [0.4, 0.5) is 8.78 Å². The van der Waals surface area contributed by atoms with Gasteiger partial charge in [0.25, 0.3) is 0 Å². The predicted octanol–water partition coefficient (Wildman–Crippen LogP) is 1.70. The molecule has 0 amide bonds. The Labute approximate surface area is 91.7 Å². The molecule has 3 nitrogen and oxygen atoms in total. The number of aliphatic hydroxyl groups excluding tert-OH is 1. The predicted molar refractivity (Wildman–Crippen MR) is 53.0 cm³/mol. The van der Waals surface area contributed by atoms with Crippen LogP contribution in [0.1, 0.15) is 12.5 Å². The third-order valence-corrected chi connectivity index (χ3v) is 2.01. The Balaban J connectivity index is 2.89. The van der Waals surface area contributed by atoms with Crippen molar-refractivity contribution in [3.05, 3.63) is 35.9 Å². The molecule has 1 rings (SSSR count). The maximum Gasteiger partial charge on any atom is 0.341 e. The molecule has 0 heterocycles. The van der Waals surface area contributed by atoms with Gasteiger partial charge in [-0.3, -0.25) is 0 Å². The lowest BCUT2D eigenvalue weighted by molar-refractivity contribution is -0.178. The number of hydrogen-bond acceptors (Lipinski definition) is 3. The van der Waals surface area contributed by atoms with E-state index in [0.717, 1.165) is 12.1 Å². The van der Waals surface area contributed by atoms with Crippen molar-refractivity contribution in [2.24, 2.45) is 0 Å². The summed E-state index contributed by atoms with van der Waals surface area (Å²) in [6.45, 7) is 1.42. The molecule has 0 aliphatic rings. The zero-order valence-corrected chi connectivity index (χ0v) is 8.69. The van der Waals surface area contributed by atoms with Crippen LogP contribution in [0, 0.1) is 0 Å². The first-order valence-corrected chi connectivity index (χ1v) is 4.78. The summed E-state index contributed by atoms with van der Waals surface area (Å²) >= 11 is 0. The van der Waals surface area contributed by atoms with Crippen molar-refractivity contribution in [2.45, 2.75) is 19.0 Å². The monoisotopic (exact) mass is 230 g/mol. The summed E-state index contributed by atoms with van der Waals surface area (Å²) in [7, 11) is 0. The van der Waals surface area contributed by atoms with Crippen molar-refractivity contribution < 1.29 is 23.4 Å². The standard InChI is InChI=1S/C11H12F2O3/c1-2-16-10(15)9(14)11(12,13)8-6-4-3-5-7-8/h3-7,9,14H,2H2,1H3/t9-/m0/s1. The number of carbonyl (C=O) groups excluding carboxylic acids is 1. The molecule has 0 saturated heterocycles. The van der Waals surface area contributed by atoms with Crippen LogP contribution in [-0.2, 0) is 15.5 Å². The molecule has 1 aromatic rings. The number of benzene rings is 1. The molecule has 0 spiro atoms. The second-order valence-electron chi connectivity index (χ2n) is 3.14. The quantitative estimate of drug-likeness (QED) is 0.801. The molecule has 0 aliphatic carbocycles. The van der Waals surface area contributed by atoms with Gasteiger partial charge >= 0.3 is 11.9 Å². The topological polar surface area (TPSA) is 46.5 Å². The minimum Gasteiger partial charge on any atom is -0.464 e. The van der Waals surface area contributed by atoms with Gasteiger partial charge in [-0.05, 0) is 6.92 Å². The molecule has 0 bridgehead atoms. The summed E-state index contributed by atoms with van der Waals surface area (Å²) in [5.41, 5.74) is -0.421. The average molecular weight is 230 g/mol. The number of esters is 1. The van der Waals surface area contributed by atoms with Crippen molar-refractivity contribution in [3.8, 4) is 0 Å². The lowest BCUT2D eigenvalue weighted by Gasteiger charge is -2.21. The number of rotatable bonds is 4. The molecule has 88 valence electrons. The first kappa shape index (κ1) is 12.6. The highest BCUT2D eigenvalue weighted by atomic mass is 19.3. The lowest BCUT2D eigenvalue weighted by atomic mass is 10.0. The third kappa shape index (κ3) is 2.55. The van der Waals surface area contributed by atoms with Crippen LogP contribution in [0.3, 0.4) is 0 Å². The van der Waals surface area contributed by atoms with E-state index in [1.165, 1.54) is 19.1 Å². The summed E-state index contributed by atoms with van der Waals surface area (Å²) < 4.78 is 31.5. The van der Waals surface area contributed by atoms with Gasteiger partial charge in [0.05, 0.1) is 6.61 Å². The average Bonchev–Trinajstić information content (AvgIpc) is 2.29. The van der Waals surface area contributed by atoms with Gasteiger partial charge in [0, 0.05) is 5.56 Å². The minimum atomic E-state index is -3.65. The van der Waals surface area contributed by atoms with E-state index in [4.69, 9.17) is 0 Å². The maximum atomic E-state index is 13.6. The molecule has 16 heavy (non-hydrogen) atoms. The van der Waals surface area contributed by atoms with E-state index >= 15 is 0 Å². The summed E-state index contributed by atoms with van der Waals surface area (Å²) in [6.07, 6.45) is -2.48. The van der Waals surface area contributed by atoms with Gasteiger partial charge < -0.3 is 9.84 Å². The highest BCUT2D eigenvalue weighted by molar-refractivity contribution is 5.76. The summed E-state index contributed by atoms with van der Waals surface area (Å²) in [4.78, 5) is 11.0. The van der Waals surface area contributed by atoms with Crippen LogP contribution >= 0.6 is 0 Å². The van der Waals surface area contributed by atoms with E-state index in [1.807, 2.05) is 0 Å². The summed E-state index contributed by atoms with van der Waals surface area (Å²) in [5.74, 6) is -4.97. The Morgan fingerprint density at radius 1 is 1.44 bits per heavy atom. The van der Waals surface area contributed by atoms with Gasteiger partial charge in [-0.25, -0.2) is 4.79 Å². The second-order valence-corrected chi connectivity index (χ2v) is 3.14. The fourth-order valence-electron chi connectivity index (χ4n) is 1.19. The van der Waals surface area contributed by atoms with E-state index in [1.54, 1.807) is 6.07 Å². The lowest BCUT2D eigenvalue weighted by Crippen LogP contribution is -2.39. The van der Waals surface area contributed by atoms with Crippen LogP contribution in [0.5, 0.6) is 0 Å². The smallest absolute Gasteiger partial charge is 0.341 e. The zero-order valence-electron chi connectivity index (χ0n) is 8.69. The second kappa shape index (κ2) is 5.03. The largest absolute Gasteiger partial charge is 0.464 e. The molecular formula is C11H12F2O3. The fraction of sp³-hybridized carbons (Fsp3) is 0.364. The van der Waals surface area contributed by atoms with Gasteiger partial charge in [-0.1, -0.05) is 30.3 Å². The van der Waals surface area contributed by atoms with Crippen molar-refractivity contribution in [1.29, 1.82) is 0 Å². The Morgan fingerprint density at radius 3 is 2.50 bits per heavy atom. The van der Waals surface area contributed by atoms with Crippen molar-refractivity contribution in [1.82, 2.24) is 0 Å². The molecular weight excluding hydrogens is 218 g/mol. The number of carbonyl (C=O) groups is 1. The molecule has 0 aliphatic heterocycles. The van der Waals surface area contributed by atoms with Gasteiger partial charge in [-0.2, -0.15) is 8.78 Å². The van der Waals surface area contributed by atoms with Crippen LogP contribution in [0.2, 0.25) is 0 Å². The van der Waals surface area contributed by atoms with E-state index in [0.29, 0.717) is 0 Å². The first-order valence-electron chi connectivity index (χ1n) is 4.78. The van der Waals surface area contributed by atoms with Gasteiger partial charge in [0.2, 0.25) is 6.10 Å². The van der Waals surface area contributed by atoms with Crippen LogP contribution < -0.4 is 0 Å². The van der Waals surface area contributed by atoms with E-state index in [9.17, 15) is 18.7 Å². The molecule has 1 N–H and O–H groups in total. The number of aliphatic hydroxyl groups is 1. The molecule has 0 unspecified atom stereocenters. The molecule has 1 aromatic carbocycles. The van der Waals surface area contributed by atoms with Gasteiger partial charge in [-0.15, -0.1) is 0 Å². The third-order valence-electron chi connectivity index (χ3n) is 2.01. The molecule has 0 aromatic heterocycles.